The Bertz CT molecular complexity index is 733. The lowest BCUT2D eigenvalue weighted by Crippen LogP contribution is -2.59. The number of piperidine rings is 1. The Hall–Kier alpha value is -2.57. The van der Waals surface area contributed by atoms with Gasteiger partial charge in [0.1, 0.15) is 11.3 Å². The van der Waals surface area contributed by atoms with E-state index < -0.39 is 11.6 Å². The molecule has 126 valence electrons. The minimum absolute atomic E-state index is 0.0260. The zero-order valence-corrected chi connectivity index (χ0v) is 13.3. The maximum Gasteiger partial charge on any atom is 0.322 e. The van der Waals surface area contributed by atoms with Gasteiger partial charge in [0.25, 0.3) is 5.91 Å². The second-order valence-electron chi connectivity index (χ2n) is 6.63. The fourth-order valence-electron chi connectivity index (χ4n) is 3.72. The van der Waals surface area contributed by atoms with Gasteiger partial charge in [0.05, 0.1) is 19.6 Å². The number of rotatable bonds is 2. The summed E-state index contributed by atoms with van der Waals surface area (Å²) in [6.45, 7) is 1.53. The normalized spacial score (nSPS) is 25.2. The first-order valence-electron chi connectivity index (χ1n) is 8.22. The van der Waals surface area contributed by atoms with Gasteiger partial charge in [-0.1, -0.05) is 12.1 Å². The summed E-state index contributed by atoms with van der Waals surface area (Å²) in [5.41, 5.74) is 1.12. The van der Waals surface area contributed by atoms with E-state index in [2.05, 4.69) is 10.6 Å². The quantitative estimate of drug-likeness (QED) is 0.767. The van der Waals surface area contributed by atoms with Gasteiger partial charge in [-0.15, -0.1) is 0 Å². The molecule has 24 heavy (non-hydrogen) atoms. The predicted molar refractivity (Wildman–Crippen MR) is 84.6 cm³/mol. The van der Waals surface area contributed by atoms with E-state index in [1.807, 2.05) is 18.2 Å². The maximum atomic E-state index is 12.6. The average molecular weight is 329 g/mol. The number of nitrogens with one attached hydrogen (secondary N) is 2. The Balaban J connectivity index is 1.46. The van der Waals surface area contributed by atoms with Gasteiger partial charge in [-0.25, -0.2) is 4.79 Å². The number of hydrogen-bond acceptors (Lipinski definition) is 4. The summed E-state index contributed by atoms with van der Waals surface area (Å²) < 4.78 is 5.48. The van der Waals surface area contributed by atoms with Crippen LogP contribution in [0.3, 0.4) is 0 Å². The monoisotopic (exact) mass is 329 g/mol. The number of ether oxygens (including phenoxy) is 1. The molecule has 2 N–H and O–H groups in total. The van der Waals surface area contributed by atoms with Gasteiger partial charge in [0, 0.05) is 13.0 Å². The van der Waals surface area contributed by atoms with Gasteiger partial charge < -0.3 is 15.0 Å². The van der Waals surface area contributed by atoms with Crippen molar-refractivity contribution in [2.75, 3.05) is 19.7 Å². The zero-order valence-electron chi connectivity index (χ0n) is 13.3. The molecule has 7 nitrogen and oxygen atoms in total. The van der Waals surface area contributed by atoms with Crippen molar-refractivity contribution in [3.8, 4) is 5.75 Å². The highest BCUT2D eigenvalue weighted by Crippen LogP contribution is 2.27. The van der Waals surface area contributed by atoms with Crippen LogP contribution in [0.4, 0.5) is 4.79 Å². The van der Waals surface area contributed by atoms with Gasteiger partial charge in [-0.2, -0.15) is 0 Å². The SMILES string of the molecule is O=C1NC(=O)C2(CCCN(C(=O)Cc3ccc4c(c3)CCO4)C2)N1. The number of benzene rings is 1. The van der Waals surface area contributed by atoms with Crippen LogP contribution in [-0.4, -0.2) is 48.0 Å². The molecule has 0 aliphatic carbocycles. The molecule has 1 spiro atoms. The molecule has 1 atom stereocenters. The summed E-state index contributed by atoms with van der Waals surface area (Å²) in [4.78, 5) is 37.8. The molecule has 2 saturated heterocycles. The number of fused-ring (bicyclic) bond motifs is 1. The molecule has 2 fully saturated rings. The molecule has 3 heterocycles. The summed E-state index contributed by atoms with van der Waals surface area (Å²) in [7, 11) is 0. The Morgan fingerprint density at radius 2 is 2.21 bits per heavy atom. The summed E-state index contributed by atoms with van der Waals surface area (Å²) in [6.07, 6.45) is 2.41. The third-order valence-electron chi connectivity index (χ3n) is 4.97. The molecule has 0 aromatic heterocycles. The van der Waals surface area contributed by atoms with Crippen LogP contribution < -0.4 is 15.4 Å². The van der Waals surface area contributed by atoms with Crippen molar-refractivity contribution in [3.05, 3.63) is 29.3 Å². The van der Waals surface area contributed by atoms with E-state index in [0.29, 0.717) is 32.4 Å². The topological polar surface area (TPSA) is 87.7 Å². The summed E-state index contributed by atoms with van der Waals surface area (Å²) in [6, 6.07) is 5.36. The molecular weight excluding hydrogens is 310 g/mol. The smallest absolute Gasteiger partial charge is 0.322 e. The van der Waals surface area contributed by atoms with Crippen molar-refractivity contribution >= 4 is 17.8 Å². The first kappa shape index (κ1) is 15.0. The highest BCUT2D eigenvalue weighted by Gasteiger charge is 2.49. The molecule has 0 radical (unpaired) electrons. The van der Waals surface area contributed by atoms with E-state index in [1.54, 1.807) is 4.90 Å². The Labute approximate surface area is 139 Å². The van der Waals surface area contributed by atoms with Gasteiger partial charge in [-0.3, -0.25) is 14.9 Å². The van der Waals surface area contributed by atoms with E-state index in [4.69, 9.17) is 4.74 Å². The number of urea groups is 1. The number of nitrogens with zero attached hydrogens (tertiary/aromatic N) is 1. The first-order chi connectivity index (χ1) is 11.6. The molecule has 1 aromatic rings. The minimum Gasteiger partial charge on any atom is -0.493 e. The van der Waals surface area contributed by atoms with Crippen LogP contribution in [0.25, 0.3) is 0 Å². The number of amides is 4. The first-order valence-corrected chi connectivity index (χ1v) is 8.22. The van der Waals surface area contributed by atoms with E-state index in [1.165, 1.54) is 0 Å². The molecule has 3 aliphatic heterocycles. The standard InChI is InChI=1S/C17H19N3O4/c21-14(9-11-2-3-13-12(8-11)4-7-24-13)20-6-1-5-17(10-20)15(22)18-16(23)19-17/h2-3,8H,1,4-7,9-10H2,(H2,18,19,22,23). The highest BCUT2D eigenvalue weighted by atomic mass is 16.5. The summed E-state index contributed by atoms with van der Waals surface area (Å²) in [5.74, 6) is 0.537. The predicted octanol–water partition coefficient (Wildman–Crippen LogP) is 0.365. The minimum atomic E-state index is -0.962. The van der Waals surface area contributed by atoms with E-state index in [-0.39, 0.29) is 18.4 Å². The number of likely N-dealkylation sites (tertiary alicyclic amines) is 1. The maximum absolute atomic E-state index is 12.6. The van der Waals surface area contributed by atoms with Gasteiger partial charge >= 0.3 is 6.03 Å². The second-order valence-corrected chi connectivity index (χ2v) is 6.63. The summed E-state index contributed by atoms with van der Waals surface area (Å²) >= 11 is 0. The highest BCUT2D eigenvalue weighted by molar-refractivity contribution is 6.07. The van der Waals surface area contributed by atoms with Gasteiger partial charge in [-0.05, 0) is 30.0 Å². The van der Waals surface area contributed by atoms with E-state index in [0.717, 1.165) is 23.3 Å². The molecule has 4 amide bonds. The molecule has 0 saturated carbocycles. The third kappa shape index (κ3) is 2.50. The molecule has 7 heteroatoms. The van der Waals surface area contributed by atoms with Crippen LogP contribution in [0.2, 0.25) is 0 Å². The third-order valence-corrected chi connectivity index (χ3v) is 4.97. The van der Waals surface area contributed by atoms with E-state index in [9.17, 15) is 14.4 Å². The lowest BCUT2D eigenvalue weighted by Gasteiger charge is -2.38. The lowest BCUT2D eigenvalue weighted by atomic mass is 9.89. The van der Waals surface area contributed by atoms with Gasteiger partial charge in [0.15, 0.2) is 0 Å². The number of imide groups is 1. The van der Waals surface area contributed by atoms with Crippen LogP contribution >= 0.6 is 0 Å². The van der Waals surface area contributed by atoms with Gasteiger partial charge in [0.2, 0.25) is 5.91 Å². The molecule has 4 rings (SSSR count). The van der Waals surface area contributed by atoms with Crippen LogP contribution in [0.5, 0.6) is 5.75 Å². The Morgan fingerprint density at radius 3 is 3.00 bits per heavy atom. The van der Waals surface area contributed by atoms with Crippen LogP contribution in [0.1, 0.15) is 24.0 Å². The lowest BCUT2D eigenvalue weighted by molar-refractivity contribution is -0.135. The largest absolute Gasteiger partial charge is 0.493 e. The van der Waals surface area contributed by atoms with Crippen molar-refractivity contribution < 1.29 is 19.1 Å². The number of hydrogen-bond donors (Lipinski definition) is 2. The Kier molecular flexibility index (Phi) is 3.44. The molecule has 3 aliphatic rings. The van der Waals surface area contributed by atoms with Crippen LogP contribution in [-0.2, 0) is 22.4 Å². The zero-order chi connectivity index (χ0) is 16.7. The fraction of sp³-hybridized carbons (Fsp3) is 0.471. The van der Waals surface area contributed by atoms with Crippen molar-refractivity contribution in [2.24, 2.45) is 0 Å². The van der Waals surface area contributed by atoms with Crippen molar-refractivity contribution in [1.29, 1.82) is 0 Å². The van der Waals surface area contributed by atoms with Crippen LogP contribution in [0.15, 0.2) is 18.2 Å². The molecule has 1 aromatic carbocycles. The van der Waals surface area contributed by atoms with Crippen molar-refractivity contribution in [3.63, 3.8) is 0 Å². The number of carbonyl (C=O) groups is 3. The van der Waals surface area contributed by atoms with Crippen molar-refractivity contribution in [1.82, 2.24) is 15.5 Å². The van der Waals surface area contributed by atoms with Crippen molar-refractivity contribution in [2.45, 2.75) is 31.2 Å². The number of carbonyl (C=O) groups excluding carboxylic acids is 3. The fourth-order valence-corrected chi connectivity index (χ4v) is 3.72. The molecule has 1 unspecified atom stereocenters. The summed E-state index contributed by atoms with van der Waals surface area (Å²) in [5, 5.41) is 4.97. The molecule has 0 bridgehead atoms. The van der Waals surface area contributed by atoms with Crippen LogP contribution in [0, 0.1) is 0 Å². The average Bonchev–Trinajstić information content (AvgIpc) is 3.12. The molecular formula is C17H19N3O4. The van der Waals surface area contributed by atoms with E-state index >= 15 is 0 Å². The second kappa shape index (κ2) is 5.51. The Morgan fingerprint density at radius 1 is 1.33 bits per heavy atom.